The lowest BCUT2D eigenvalue weighted by Gasteiger charge is -2.28. The summed E-state index contributed by atoms with van der Waals surface area (Å²) in [6.45, 7) is 11.7. The first-order valence-corrected chi connectivity index (χ1v) is 5.01. The molecule has 78 valence electrons. The molecule has 0 aliphatic heterocycles. The summed E-state index contributed by atoms with van der Waals surface area (Å²) < 4.78 is 5.66. The van der Waals surface area contributed by atoms with E-state index in [1.54, 1.807) is 0 Å². The number of rotatable bonds is 5. The van der Waals surface area contributed by atoms with E-state index in [2.05, 4.69) is 6.92 Å². The Morgan fingerprint density at radius 2 is 1.77 bits per heavy atom. The summed E-state index contributed by atoms with van der Waals surface area (Å²) in [4.78, 5) is 11.5. The van der Waals surface area contributed by atoms with Crippen molar-refractivity contribution < 1.29 is 9.53 Å². The second kappa shape index (κ2) is 4.75. The van der Waals surface area contributed by atoms with E-state index in [9.17, 15) is 4.79 Å². The van der Waals surface area contributed by atoms with Gasteiger partial charge in [0.2, 0.25) is 0 Å². The molecule has 0 saturated heterocycles. The third-order valence-corrected chi connectivity index (χ3v) is 2.32. The van der Waals surface area contributed by atoms with Gasteiger partial charge in [0.15, 0.2) is 5.78 Å². The van der Waals surface area contributed by atoms with Crippen LogP contribution in [0.4, 0.5) is 0 Å². The predicted molar refractivity (Wildman–Crippen MR) is 54.8 cm³/mol. The van der Waals surface area contributed by atoms with Crippen LogP contribution in [0.5, 0.6) is 0 Å². The highest BCUT2D eigenvalue weighted by Gasteiger charge is 2.24. The Labute approximate surface area is 81.7 Å². The van der Waals surface area contributed by atoms with Crippen LogP contribution in [0.2, 0.25) is 0 Å². The van der Waals surface area contributed by atoms with Crippen molar-refractivity contribution in [2.75, 3.05) is 0 Å². The zero-order chi connectivity index (χ0) is 10.6. The van der Waals surface area contributed by atoms with Gasteiger partial charge in [0.1, 0.15) is 6.10 Å². The van der Waals surface area contributed by atoms with Crippen LogP contribution in [0, 0.1) is 5.92 Å². The summed E-state index contributed by atoms with van der Waals surface area (Å²) in [5.74, 6) is 0.240. The van der Waals surface area contributed by atoms with Crippen LogP contribution in [0.3, 0.4) is 0 Å². The van der Waals surface area contributed by atoms with Gasteiger partial charge in [-0.3, -0.25) is 4.79 Å². The molecule has 0 saturated carbocycles. The smallest absolute Gasteiger partial charge is 0.163 e. The molecule has 0 N–H and O–H groups in total. The SMILES string of the molecule is CCC(C)(C)O[C@@H](C)C(=O)C(C)C. The molecule has 0 spiro atoms. The lowest BCUT2D eigenvalue weighted by molar-refractivity contribution is -0.143. The highest BCUT2D eigenvalue weighted by atomic mass is 16.5. The fourth-order valence-corrected chi connectivity index (χ4v) is 1.09. The summed E-state index contributed by atoms with van der Waals surface area (Å²) in [5.41, 5.74) is -0.191. The molecule has 13 heavy (non-hydrogen) atoms. The van der Waals surface area contributed by atoms with Crippen molar-refractivity contribution in [1.29, 1.82) is 0 Å². The first-order chi connectivity index (χ1) is 5.80. The molecule has 0 aromatic heterocycles. The minimum Gasteiger partial charge on any atom is -0.365 e. The van der Waals surface area contributed by atoms with E-state index in [4.69, 9.17) is 4.74 Å². The standard InChI is InChI=1S/C11H22O2/c1-7-11(5,6)13-9(4)10(12)8(2)3/h8-9H,7H2,1-6H3/t9-/m0/s1. The van der Waals surface area contributed by atoms with E-state index in [1.165, 1.54) is 0 Å². The van der Waals surface area contributed by atoms with E-state index in [1.807, 2.05) is 34.6 Å². The maximum Gasteiger partial charge on any atom is 0.163 e. The second-order valence-corrected chi connectivity index (χ2v) is 4.43. The zero-order valence-electron chi connectivity index (χ0n) is 9.68. The van der Waals surface area contributed by atoms with E-state index in [0.29, 0.717) is 0 Å². The molecule has 2 heteroatoms. The van der Waals surface area contributed by atoms with Crippen LogP contribution in [-0.2, 0) is 9.53 Å². The number of hydrogen-bond acceptors (Lipinski definition) is 2. The largest absolute Gasteiger partial charge is 0.365 e. The lowest BCUT2D eigenvalue weighted by atomic mass is 10.0. The maximum atomic E-state index is 11.5. The summed E-state index contributed by atoms with van der Waals surface area (Å²) >= 11 is 0. The molecular formula is C11H22O2. The second-order valence-electron chi connectivity index (χ2n) is 4.43. The van der Waals surface area contributed by atoms with Gasteiger partial charge < -0.3 is 4.74 Å². The fourth-order valence-electron chi connectivity index (χ4n) is 1.09. The summed E-state index contributed by atoms with van der Waals surface area (Å²) in [6.07, 6.45) is 0.637. The number of carbonyl (C=O) groups excluding carboxylic acids is 1. The van der Waals surface area contributed by atoms with Crippen LogP contribution >= 0.6 is 0 Å². The van der Waals surface area contributed by atoms with Crippen molar-refractivity contribution in [2.45, 2.75) is 59.7 Å². The Morgan fingerprint density at radius 1 is 1.31 bits per heavy atom. The third-order valence-electron chi connectivity index (χ3n) is 2.32. The molecule has 0 aliphatic carbocycles. The minimum absolute atomic E-state index is 0.0580. The van der Waals surface area contributed by atoms with Crippen molar-refractivity contribution in [3.8, 4) is 0 Å². The van der Waals surface area contributed by atoms with Crippen molar-refractivity contribution in [1.82, 2.24) is 0 Å². The number of carbonyl (C=O) groups is 1. The topological polar surface area (TPSA) is 26.3 Å². The minimum atomic E-state index is -0.282. The molecule has 0 bridgehead atoms. The normalized spacial score (nSPS) is 14.7. The fraction of sp³-hybridized carbons (Fsp3) is 0.909. The molecule has 0 unspecified atom stereocenters. The van der Waals surface area contributed by atoms with Crippen molar-refractivity contribution in [3.63, 3.8) is 0 Å². The molecule has 0 radical (unpaired) electrons. The number of Topliss-reactive ketones (excluding diaryl/α,β-unsaturated/α-hetero) is 1. The molecule has 1 atom stereocenters. The van der Waals surface area contributed by atoms with Gasteiger partial charge in [0.25, 0.3) is 0 Å². The molecule has 0 rings (SSSR count). The van der Waals surface area contributed by atoms with Crippen molar-refractivity contribution in [2.24, 2.45) is 5.92 Å². The van der Waals surface area contributed by atoms with Gasteiger partial charge in [-0.1, -0.05) is 20.8 Å². The average Bonchev–Trinajstić information content (AvgIpc) is 2.02. The molecule has 0 fully saturated rings. The van der Waals surface area contributed by atoms with Crippen molar-refractivity contribution >= 4 is 5.78 Å². The lowest BCUT2D eigenvalue weighted by Crippen LogP contribution is -2.34. The average molecular weight is 186 g/mol. The van der Waals surface area contributed by atoms with Gasteiger partial charge in [-0.25, -0.2) is 0 Å². The quantitative estimate of drug-likeness (QED) is 0.660. The zero-order valence-corrected chi connectivity index (χ0v) is 9.68. The summed E-state index contributed by atoms with van der Waals surface area (Å²) in [6, 6.07) is 0. The van der Waals surface area contributed by atoms with E-state index >= 15 is 0 Å². The van der Waals surface area contributed by atoms with Gasteiger partial charge >= 0.3 is 0 Å². The maximum absolute atomic E-state index is 11.5. The summed E-state index contributed by atoms with van der Waals surface area (Å²) in [5, 5.41) is 0. The molecule has 0 amide bonds. The first-order valence-electron chi connectivity index (χ1n) is 5.01. The first kappa shape index (κ1) is 12.6. The van der Waals surface area contributed by atoms with Gasteiger partial charge in [-0.05, 0) is 27.2 Å². The van der Waals surface area contributed by atoms with E-state index < -0.39 is 0 Å². The Morgan fingerprint density at radius 3 is 2.08 bits per heavy atom. The number of hydrogen-bond donors (Lipinski definition) is 0. The Kier molecular flexibility index (Phi) is 4.62. The van der Waals surface area contributed by atoms with Crippen LogP contribution in [0.15, 0.2) is 0 Å². The Bertz CT molecular complexity index is 171. The Hall–Kier alpha value is -0.370. The Balaban J connectivity index is 4.15. The number of ether oxygens (including phenoxy) is 1. The van der Waals surface area contributed by atoms with Crippen LogP contribution < -0.4 is 0 Å². The predicted octanol–water partition coefficient (Wildman–Crippen LogP) is 2.81. The van der Waals surface area contributed by atoms with Crippen molar-refractivity contribution in [3.05, 3.63) is 0 Å². The van der Waals surface area contributed by atoms with Gasteiger partial charge in [0, 0.05) is 5.92 Å². The van der Waals surface area contributed by atoms with E-state index in [-0.39, 0.29) is 23.4 Å². The highest BCUT2D eigenvalue weighted by molar-refractivity contribution is 5.84. The monoisotopic (exact) mass is 186 g/mol. The van der Waals surface area contributed by atoms with Crippen LogP contribution in [0.1, 0.15) is 48.0 Å². The van der Waals surface area contributed by atoms with Crippen LogP contribution in [0.25, 0.3) is 0 Å². The molecular weight excluding hydrogens is 164 g/mol. The van der Waals surface area contributed by atoms with Gasteiger partial charge in [0.05, 0.1) is 5.60 Å². The molecule has 0 aromatic carbocycles. The van der Waals surface area contributed by atoms with E-state index in [0.717, 1.165) is 6.42 Å². The van der Waals surface area contributed by atoms with Crippen LogP contribution in [-0.4, -0.2) is 17.5 Å². The highest BCUT2D eigenvalue weighted by Crippen LogP contribution is 2.17. The molecule has 0 heterocycles. The molecule has 0 aromatic rings. The number of ketones is 1. The molecule has 0 aliphatic rings. The van der Waals surface area contributed by atoms with Gasteiger partial charge in [-0.2, -0.15) is 0 Å². The molecule has 2 nitrogen and oxygen atoms in total. The third kappa shape index (κ3) is 4.41. The summed E-state index contributed by atoms with van der Waals surface area (Å²) in [7, 11) is 0. The van der Waals surface area contributed by atoms with Gasteiger partial charge in [-0.15, -0.1) is 0 Å².